The second kappa shape index (κ2) is 11.6. The van der Waals surface area contributed by atoms with Crippen LogP contribution in [0.4, 0.5) is 4.79 Å². The molecule has 3 heteroatoms. The molecule has 1 amide bonds. The minimum absolute atomic E-state index is 0.383. The summed E-state index contributed by atoms with van der Waals surface area (Å²) in [5.74, 6) is 0. The van der Waals surface area contributed by atoms with E-state index in [0.717, 1.165) is 5.56 Å². The van der Waals surface area contributed by atoms with Crippen molar-refractivity contribution >= 4 is 6.09 Å². The highest BCUT2D eigenvalue weighted by Crippen LogP contribution is 2.06. The van der Waals surface area contributed by atoms with E-state index in [1.54, 1.807) is 0 Å². The molecule has 0 radical (unpaired) electrons. The van der Waals surface area contributed by atoms with Gasteiger partial charge in [0.05, 0.1) is 0 Å². The number of hydrogen-bond donors (Lipinski definition) is 1. The van der Waals surface area contributed by atoms with E-state index in [1.807, 2.05) is 78.8 Å². The lowest BCUT2D eigenvalue weighted by atomic mass is 10.2. The van der Waals surface area contributed by atoms with Crippen LogP contribution < -0.4 is 5.32 Å². The average molecular weight is 267 g/mol. The van der Waals surface area contributed by atoms with Gasteiger partial charge in [0, 0.05) is 6.54 Å². The molecule has 0 saturated heterocycles. The summed E-state index contributed by atoms with van der Waals surface area (Å²) in [5.41, 5.74) is 0.615. The maximum atomic E-state index is 11.3. The fourth-order valence-electron chi connectivity index (χ4n) is 1.08. The maximum absolute atomic E-state index is 11.3. The molecular formula is C16H29NO2. The summed E-state index contributed by atoms with van der Waals surface area (Å²) in [6, 6.07) is 9.73. The highest BCUT2D eigenvalue weighted by atomic mass is 16.6. The van der Waals surface area contributed by atoms with Crippen LogP contribution in [0.1, 0.15) is 54.0 Å². The molecule has 0 aromatic heterocycles. The molecule has 0 fully saturated rings. The summed E-state index contributed by atoms with van der Waals surface area (Å²) in [6.07, 6.45) is -0.383. The van der Waals surface area contributed by atoms with Crippen molar-refractivity contribution in [3.63, 3.8) is 0 Å². The number of carbonyl (C=O) groups excluding carboxylic acids is 1. The Bertz CT molecular complexity index is 315. The average Bonchev–Trinajstić information content (AvgIpc) is 2.40. The molecule has 3 nitrogen and oxygen atoms in total. The monoisotopic (exact) mass is 267 g/mol. The Labute approximate surface area is 118 Å². The van der Waals surface area contributed by atoms with Crippen molar-refractivity contribution < 1.29 is 9.53 Å². The fourth-order valence-corrected chi connectivity index (χ4v) is 1.08. The minimum Gasteiger partial charge on any atom is -0.444 e. The van der Waals surface area contributed by atoms with Crippen molar-refractivity contribution in [2.45, 2.75) is 60.6 Å². The minimum atomic E-state index is -0.444. The molecule has 0 atom stereocenters. The third-order valence-electron chi connectivity index (χ3n) is 1.68. The number of benzene rings is 1. The third kappa shape index (κ3) is 12.7. The van der Waals surface area contributed by atoms with Gasteiger partial charge in [0.15, 0.2) is 0 Å². The van der Waals surface area contributed by atoms with Gasteiger partial charge in [-0.3, -0.25) is 0 Å². The molecule has 0 saturated carbocycles. The van der Waals surface area contributed by atoms with Gasteiger partial charge in [0.2, 0.25) is 0 Å². The number of ether oxygens (including phenoxy) is 1. The first-order valence-electron chi connectivity index (χ1n) is 6.98. The van der Waals surface area contributed by atoms with Crippen LogP contribution in [0.2, 0.25) is 0 Å². The lowest BCUT2D eigenvalue weighted by Gasteiger charge is -2.19. The summed E-state index contributed by atoms with van der Waals surface area (Å²) in [5, 5.41) is 2.69. The van der Waals surface area contributed by atoms with E-state index < -0.39 is 5.60 Å². The van der Waals surface area contributed by atoms with E-state index in [9.17, 15) is 4.79 Å². The summed E-state index contributed by atoms with van der Waals surface area (Å²) >= 11 is 0. The SMILES string of the molecule is CC.CC.CC(C)(C)OC(=O)NCc1ccccc1. The van der Waals surface area contributed by atoms with Gasteiger partial charge < -0.3 is 10.1 Å². The van der Waals surface area contributed by atoms with Crippen LogP contribution in [0.5, 0.6) is 0 Å². The first kappa shape index (κ1) is 19.8. The molecule has 19 heavy (non-hydrogen) atoms. The molecular weight excluding hydrogens is 238 g/mol. The molecule has 1 aromatic rings. The van der Waals surface area contributed by atoms with Crippen molar-refractivity contribution in [1.29, 1.82) is 0 Å². The number of carbonyl (C=O) groups is 1. The second-order valence-corrected chi connectivity index (χ2v) is 4.34. The highest BCUT2D eigenvalue weighted by molar-refractivity contribution is 5.67. The zero-order valence-corrected chi connectivity index (χ0v) is 13.4. The first-order valence-corrected chi connectivity index (χ1v) is 6.98. The van der Waals surface area contributed by atoms with Gasteiger partial charge in [-0.25, -0.2) is 4.79 Å². The van der Waals surface area contributed by atoms with Gasteiger partial charge in [0.25, 0.3) is 0 Å². The summed E-state index contributed by atoms with van der Waals surface area (Å²) in [4.78, 5) is 11.3. The van der Waals surface area contributed by atoms with Crippen LogP contribution in [0.25, 0.3) is 0 Å². The van der Waals surface area contributed by atoms with E-state index in [4.69, 9.17) is 4.74 Å². The van der Waals surface area contributed by atoms with E-state index in [-0.39, 0.29) is 6.09 Å². The van der Waals surface area contributed by atoms with Crippen LogP contribution in [0.3, 0.4) is 0 Å². The topological polar surface area (TPSA) is 38.3 Å². The van der Waals surface area contributed by atoms with Crippen LogP contribution >= 0.6 is 0 Å². The fraction of sp³-hybridized carbons (Fsp3) is 0.562. The second-order valence-electron chi connectivity index (χ2n) is 4.34. The Morgan fingerprint density at radius 1 is 1.05 bits per heavy atom. The predicted octanol–water partition coefficient (Wildman–Crippen LogP) is 4.76. The number of hydrogen-bond acceptors (Lipinski definition) is 2. The van der Waals surface area contributed by atoms with Gasteiger partial charge in [-0.1, -0.05) is 58.0 Å². The van der Waals surface area contributed by atoms with Gasteiger partial charge in [-0.15, -0.1) is 0 Å². The Balaban J connectivity index is 0. The normalized spacial score (nSPS) is 9.21. The molecule has 0 heterocycles. The number of alkyl carbamates (subject to hydrolysis) is 1. The molecule has 0 aliphatic carbocycles. The van der Waals surface area contributed by atoms with Gasteiger partial charge in [0.1, 0.15) is 5.60 Å². The number of amides is 1. The predicted molar refractivity (Wildman–Crippen MR) is 82.2 cm³/mol. The smallest absolute Gasteiger partial charge is 0.407 e. The van der Waals surface area contributed by atoms with Gasteiger partial charge in [-0.05, 0) is 26.3 Å². The van der Waals surface area contributed by atoms with Crippen LogP contribution in [-0.4, -0.2) is 11.7 Å². The zero-order chi connectivity index (χ0) is 15.3. The molecule has 0 spiro atoms. The number of nitrogens with one attached hydrogen (secondary N) is 1. The lowest BCUT2D eigenvalue weighted by molar-refractivity contribution is 0.0523. The quantitative estimate of drug-likeness (QED) is 0.838. The van der Waals surface area contributed by atoms with Crippen molar-refractivity contribution in [2.24, 2.45) is 0 Å². The van der Waals surface area contributed by atoms with Gasteiger partial charge >= 0.3 is 6.09 Å². The van der Waals surface area contributed by atoms with Crippen LogP contribution in [0.15, 0.2) is 30.3 Å². The van der Waals surface area contributed by atoms with E-state index in [1.165, 1.54) is 0 Å². The Kier molecular flexibility index (Phi) is 12.1. The molecule has 0 aliphatic heterocycles. The molecule has 0 aliphatic rings. The number of rotatable bonds is 2. The lowest BCUT2D eigenvalue weighted by Crippen LogP contribution is -2.32. The standard InChI is InChI=1S/C12H17NO2.2C2H6/c1-12(2,3)15-11(14)13-9-10-7-5-4-6-8-10;2*1-2/h4-8H,9H2,1-3H3,(H,13,14);2*1-2H3. The molecule has 1 N–H and O–H groups in total. The van der Waals surface area contributed by atoms with Gasteiger partial charge in [-0.2, -0.15) is 0 Å². The Morgan fingerprint density at radius 2 is 1.53 bits per heavy atom. The van der Waals surface area contributed by atoms with E-state index >= 15 is 0 Å². The molecule has 110 valence electrons. The Hall–Kier alpha value is -1.51. The van der Waals surface area contributed by atoms with E-state index in [0.29, 0.717) is 6.54 Å². The van der Waals surface area contributed by atoms with Crippen molar-refractivity contribution in [1.82, 2.24) is 5.32 Å². The summed E-state index contributed by atoms with van der Waals surface area (Å²) in [6.45, 7) is 14.0. The molecule has 0 bridgehead atoms. The zero-order valence-electron chi connectivity index (χ0n) is 13.4. The van der Waals surface area contributed by atoms with Crippen molar-refractivity contribution in [3.8, 4) is 0 Å². The largest absolute Gasteiger partial charge is 0.444 e. The maximum Gasteiger partial charge on any atom is 0.407 e. The highest BCUT2D eigenvalue weighted by Gasteiger charge is 2.15. The van der Waals surface area contributed by atoms with Crippen LogP contribution in [-0.2, 0) is 11.3 Å². The third-order valence-corrected chi connectivity index (χ3v) is 1.68. The molecule has 0 unspecified atom stereocenters. The molecule has 1 aromatic carbocycles. The Morgan fingerprint density at radius 3 is 1.95 bits per heavy atom. The van der Waals surface area contributed by atoms with Crippen molar-refractivity contribution in [2.75, 3.05) is 0 Å². The van der Waals surface area contributed by atoms with Crippen molar-refractivity contribution in [3.05, 3.63) is 35.9 Å². The summed E-state index contributed by atoms with van der Waals surface area (Å²) < 4.78 is 5.11. The first-order chi connectivity index (χ1) is 8.97. The van der Waals surface area contributed by atoms with Crippen LogP contribution in [0, 0.1) is 0 Å². The summed E-state index contributed by atoms with van der Waals surface area (Å²) in [7, 11) is 0. The molecule has 1 rings (SSSR count). The van der Waals surface area contributed by atoms with E-state index in [2.05, 4.69) is 5.32 Å².